The number of ether oxygens (including phenoxy) is 2. The maximum Gasteiger partial charge on any atom is 0.265 e. The first kappa shape index (κ1) is 19.7. The lowest BCUT2D eigenvalue weighted by atomic mass is 10.1. The zero-order valence-electron chi connectivity index (χ0n) is 14.6. The van der Waals surface area contributed by atoms with Gasteiger partial charge in [-0.2, -0.15) is 0 Å². The van der Waals surface area contributed by atoms with E-state index in [4.69, 9.17) is 9.47 Å². The van der Waals surface area contributed by atoms with Crippen LogP contribution in [0.25, 0.3) is 0 Å². The quantitative estimate of drug-likeness (QED) is 0.746. The number of hydrogen-bond acceptors (Lipinski definition) is 6. The molecule has 1 amide bonds. The van der Waals surface area contributed by atoms with Crippen molar-refractivity contribution < 1.29 is 22.7 Å². The molecule has 1 aliphatic heterocycles. The maximum atomic E-state index is 12.6. The average Bonchev–Trinajstić information content (AvgIpc) is 2.68. The molecule has 0 atom stereocenters. The molecule has 3 rings (SSSR count). The SMILES string of the molecule is COc1ccc(C(=O)NS(=O)(=O)c2cccc(Br)c2)cc1N1CCOCC1. The van der Waals surface area contributed by atoms with Crippen LogP contribution in [0.5, 0.6) is 5.75 Å². The minimum atomic E-state index is -3.98. The topological polar surface area (TPSA) is 84.9 Å². The molecule has 1 aliphatic rings. The van der Waals surface area contributed by atoms with Gasteiger partial charge in [0.15, 0.2) is 0 Å². The van der Waals surface area contributed by atoms with E-state index in [9.17, 15) is 13.2 Å². The van der Waals surface area contributed by atoms with Crippen LogP contribution >= 0.6 is 15.9 Å². The molecule has 2 aromatic rings. The molecule has 0 bridgehead atoms. The summed E-state index contributed by atoms with van der Waals surface area (Å²) in [7, 11) is -2.43. The van der Waals surface area contributed by atoms with Gasteiger partial charge in [0.2, 0.25) is 0 Å². The molecule has 144 valence electrons. The Morgan fingerprint density at radius 2 is 1.93 bits per heavy atom. The highest BCUT2D eigenvalue weighted by atomic mass is 79.9. The molecule has 0 spiro atoms. The maximum absolute atomic E-state index is 12.6. The fourth-order valence-corrected chi connectivity index (χ4v) is 4.33. The van der Waals surface area contributed by atoms with Gasteiger partial charge in [-0.3, -0.25) is 4.79 Å². The van der Waals surface area contributed by atoms with Gasteiger partial charge in [0.05, 0.1) is 30.9 Å². The van der Waals surface area contributed by atoms with E-state index in [1.807, 2.05) is 4.90 Å². The number of benzene rings is 2. The van der Waals surface area contributed by atoms with Gasteiger partial charge < -0.3 is 14.4 Å². The summed E-state index contributed by atoms with van der Waals surface area (Å²) < 4.78 is 38.4. The molecule has 0 saturated carbocycles. The second-order valence-electron chi connectivity index (χ2n) is 5.88. The van der Waals surface area contributed by atoms with Crippen LogP contribution in [0, 0.1) is 0 Å². The largest absolute Gasteiger partial charge is 0.495 e. The smallest absolute Gasteiger partial charge is 0.265 e. The van der Waals surface area contributed by atoms with Crippen LogP contribution in [0.1, 0.15) is 10.4 Å². The minimum absolute atomic E-state index is 0.00661. The summed E-state index contributed by atoms with van der Waals surface area (Å²) in [6.07, 6.45) is 0. The van der Waals surface area contributed by atoms with E-state index in [1.165, 1.54) is 18.2 Å². The van der Waals surface area contributed by atoms with Gasteiger partial charge in [-0.05, 0) is 36.4 Å². The average molecular weight is 455 g/mol. The highest BCUT2D eigenvalue weighted by Crippen LogP contribution is 2.30. The number of carbonyl (C=O) groups excluding carboxylic acids is 1. The van der Waals surface area contributed by atoms with Crippen molar-refractivity contribution in [1.82, 2.24) is 4.72 Å². The Labute approximate surface area is 166 Å². The van der Waals surface area contributed by atoms with Crippen LogP contribution in [0.3, 0.4) is 0 Å². The van der Waals surface area contributed by atoms with Crippen LogP contribution in [-0.4, -0.2) is 47.7 Å². The summed E-state index contributed by atoms with van der Waals surface area (Å²) in [5.74, 6) is -0.0876. The third-order valence-corrected chi connectivity index (χ3v) is 5.95. The van der Waals surface area contributed by atoms with E-state index in [0.717, 1.165) is 5.69 Å². The Kier molecular flexibility index (Phi) is 6.03. The second-order valence-corrected chi connectivity index (χ2v) is 8.48. The number of amides is 1. The molecule has 27 heavy (non-hydrogen) atoms. The molecule has 0 aliphatic carbocycles. The molecular weight excluding hydrogens is 436 g/mol. The lowest BCUT2D eigenvalue weighted by molar-refractivity contribution is 0.0981. The van der Waals surface area contributed by atoms with Gasteiger partial charge in [0.25, 0.3) is 15.9 Å². The van der Waals surface area contributed by atoms with Crippen molar-refractivity contribution in [2.75, 3.05) is 38.3 Å². The third-order valence-electron chi connectivity index (χ3n) is 4.13. The number of nitrogens with one attached hydrogen (secondary N) is 1. The lowest BCUT2D eigenvalue weighted by Crippen LogP contribution is -2.36. The van der Waals surface area contributed by atoms with E-state index in [1.54, 1.807) is 31.4 Å². The summed E-state index contributed by atoms with van der Waals surface area (Å²) in [4.78, 5) is 14.6. The highest BCUT2D eigenvalue weighted by Gasteiger charge is 2.22. The molecule has 0 radical (unpaired) electrons. The number of hydrogen-bond donors (Lipinski definition) is 1. The first-order chi connectivity index (χ1) is 12.9. The van der Waals surface area contributed by atoms with E-state index < -0.39 is 15.9 Å². The van der Waals surface area contributed by atoms with Crippen molar-refractivity contribution in [3.8, 4) is 5.75 Å². The predicted molar refractivity (Wildman–Crippen MR) is 105 cm³/mol. The van der Waals surface area contributed by atoms with Gasteiger partial charge >= 0.3 is 0 Å². The van der Waals surface area contributed by atoms with Gasteiger partial charge in [-0.1, -0.05) is 22.0 Å². The molecule has 0 unspecified atom stereocenters. The normalized spacial score (nSPS) is 14.7. The zero-order chi connectivity index (χ0) is 19.4. The minimum Gasteiger partial charge on any atom is -0.495 e. The number of anilines is 1. The zero-order valence-corrected chi connectivity index (χ0v) is 17.0. The molecule has 1 heterocycles. The van der Waals surface area contributed by atoms with Crippen molar-refractivity contribution in [3.63, 3.8) is 0 Å². The second kappa shape index (κ2) is 8.28. The first-order valence-electron chi connectivity index (χ1n) is 8.24. The molecule has 1 N–H and O–H groups in total. The van der Waals surface area contributed by atoms with Gasteiger partial charge in [0.1, 0.15) is 5.75 Å². The Bertz CT molecular complexity index is 943. The Hall–Kier alpha value is -2.10. The van der Waals surface area contributed by atoms with E-state index >= 15 is 0 Å². The lowest BCUT2D eigenvalue weighted by Gasteiger charge is -2.30. The van der Waals surface area contributed by atoms with Crippen molar-refractivity contribution in [2.24, 2.45) is 0 Å². The number of sulfonamides is 1. The first-order valence-corrected chi connectivity index (χ1v) is 10.5. The summed E-state index contributed by atoms with van der Waals surface area (Å²) in [6, 6.07) is 11.0. The van der Waals surface area contributed by atoms with Crippen molar-refractivity contribution in [1.29, 1.82) is 0 Å². The highest BCUT2D eigenvalue weighted by molar-refractivity contribution is 9.10. The standard InChI is InChI=1S/C18H19BrN2O5S/c1-25-17-6-5-13(11-16(17)21-7-9-26-10-8-21)18(22)20-27(23,24)15-4-2-3-14(19)12-15/h2-6,11-12H,7-10H2,1H3,(H,20,22). The third kappa shape index (κ3) is 4.60. The van der Waals surface area contributed by atoms with E-state index in [2.05, 4.69) is 20.7 Å². The number of halogens is 1. The summed E-state index contributed by atoms with van der Waals surface area (Å²) in [6.45, 7) is 2.49. The fraction of sp³-hybridized carbons (Fsp3) is 0.278. The summed E-state index contributed by atoms with van der Waals surface area (Å²) >= 11 is 3.23. The van der Waals surface area contributed by atoms with Crippen molar-refractivity contribution in [2.45, 2.75) is 4.90 Å². The molecular formula is C18H19BrN2O5S. The number of carbonyl (C=O) groups is 1. The molecule has 2 aromatic carbocycles. The monoisotopic (exact) mass is 454 g/mol. The van der Waals surface area contributed by atoms with Crippen LogP contribution in [-0.2, 0) is 14.8 Å². The predicted octanol–water partition coefficient (Wildman–Crippen LogP) is 2.41. The van der Waals surface area contributed by atoms with Crippen LogP contribution < -0.4 is 14.4 Å². The molecule has 1 saturated heterocycles. The van der Waals surface area contributed by atoms with Gasteiger partial charge in [0, 0.05) is 23.1 Å². The molecule has 7 nitrogen and oxygen atoms in total. The number of rotatable bonds is 5. The van der Waals surface area contributed by atoms with Crippen LogP contribution in [0.15, 0.2) is 51.8 Å². The summed E-state index contributed by atoms with van der Waals surface area (Å²) in [5, 5.41) is 0. The van der Waals surface area contributed by atoms with Gasteiger partial charge in [-0.15, -0.1) is 0 Å². The molecule has 0 aromatic heterocycles. The van der Waals surface area contributed by atoms with Crippen LogP contribution in [0.4, 0.5) is 5.69 Å². The Morgan fingerprint density at radius 3 is 2.59 bits per heavy atom. The van der Waals surface area contributed by atoms with E-state index in [0.29, 0.717) is 36.5 Å². The van der Waals surface area contributed by atoms with Gasteiger partial charge in [-0.25, -0.2) is 13.1 Å². The van der Waals surface area contributed by atoms with Crippen LogP contribution in [0.2, 0.25) is 0 Å². The molecule has 9 heteroatoms. The molecule has 1 fully saturated rings. The Morgan fingerprint density at radius 1 is 1.19 bits per heavy atom. The van der Waals surface area contributed by atoms with E-state index in [-0.39, 0.29) is 10.5 Å². The number of nitrogens with zero attached hydrogens (tertiary/aromatic N) is 1. The summed E-state index contributed by atoms with van der Waals surface area (Å²) in [5.41, 5.74) is 0.962. The van der Waals surface area contributed by atoms with Crippen molar-refractivity contribution >= 4 is 37.5 Å². The Balaban J connectivity index is 1.86. The van der Waals surface area contributed by atoms with Crippen molar-refractivity contribution in [3.05, 3.63) is 52.5 Å². The number of methoxy groups -OCH3 is 1. The fourth-order valence-electron chi connectivity index (χ4n) is 2.76. The number of morpholine rings is 1.